The molecular formula is C17H14N4O3. The van der Waals surface area contributed by atoms with Crippen molar-refractivity contribution in [3.8, 4) is 22.4 Å². The Balaban J connectivity index is 2.18. The van der Waals surface area contributed by atoms with Gasteiger partial charge in [-0.1, -0.05) is 42.5 Å². The molecule has 0 aliphatic carbocycles. The third-order valence-electron chi connectivity index (χ3n) is 3.60. The molecule has 24 heavy (non-hydrogen) atoms. The number of aromatic amines is 1. The average Bonchev–Trinajstić information content (AvgIpc) is 3.11. The Kier molecular flexibility index (Phi) is 4.07. The quantitative estimate of drug-likeness (QED) is 0.682. The first-order valence-electron chi connectivity index (χ1n) is 7.17. The number of carboxylic acid groups (broad SMARTS) is 1. The molecule has 2 aromatic carbocycles. The molecule has 1 heterocycles. The molecule has 0 aliphatic heterocycles. The van der Waals surface area contributed by atoms with Crippen LogP contribution in [-0.2, 0) is 0 Å². The molecule has 7 nitrogen and oxygen atoms in total. The first-order chi connectivity index (χ1) is 11.6. The molecule has 0 unspecified atom stereocenters. The zero-order valence-electron chi connectivity index (χ0n) is 12.8. The van der Waals surface area contributed by atoms with E-state index in [0.717, 1.165) is 11.1 Å². The number of carbonyl (C=O) groups is 2. The lowest BCUT2D eigenvalue weighted by atomic mass is 9.96. The number of nitrogens with zero attached hydrogens (tertiary/aromatic N) is 2. The van der Waals surface area contributed by atoms with Crippen LogP contribution in [0.15, 0.2) is 48.5 Å². The summed E-state index contributed by atoms with van der Waals surface area (Å²) in [5, 5.41) is 21.6. The number of carboxylic acids is 1. The van der Waals surface area contributed by atoms with Crippen molar-refractivity contribution in [1.82, 2.24) is 20.7 Å². The molecule has 0 fully saturated rings. The minimum absolute atomic E-state index is 0.126. The van der Waals surface area contributed by atoms with Crippen LogP contribution in [0.1, 0.15) is 20.8 Å². The highest BCUT2D eigenvalue weighted by molar-refractivity contribution is 6.04. The van der Waals surface area contributed by atoms with Crippen molar-refractivity contribution in [2.24, 2.45) is 0 Å². The summed E-state index contributed by atoms with van der Waals surface area (Å²) in [6.07, 6.45) is 0. The van der Waals surface area contributed by atoms with Gasteiger partial charge >= 0.3 is 5.97 Å². The van der Waals surface area contributed by atoms with E-state index in [9.17, 15) is 14.7 Å². The van der Waals surface area contributed by atoms with Gasteiger partial charge in [0.2, 0.25) is 0 Å². The van der Waals surface area contributed by atoms with Crippen LogP contribution in [0.25, 0.3) is 22.4 Å². The molecule has 0 bridgehead atoms. The smallest absolute Gasteiger partial charge is 0.358 e. The Bertz CT molecular complexity index is 903. The van der Waals surface area contributed by atoms with Gasteiger partial charge in [-0.15, -0.1) is 5.10 Å². The Labute approximate surface area is 137 Å². The number of carbonyl (C=O) groups excluding carboxylic acids is 1. The van der Waals surface area contributed by atoms with Gasteiger partial charge in [0.15, 0.2) is 5.69 Å². The van der Waals surface area contributed by atoms with Crippen LogP contribution in [-0.4, -0.2) is 39.4 Å². The summed E-state index contributed by atoms with van der Waals surface area (Å²) in [6, 6.07) is 14.8. The molecule has 3 aromatic rings. The van der Waals surface area contributed by atoms with Gasteiger partial charge in [-0.3, -0.25) is 4.79 Å². The number of aromatic nitrogens is 3. The number of hydrogen-bond donors (Lipinski definition) is 3. The highest BCUT2D eigenvalue weighted by Gasteiger charge is 2.22. The summed E-state index contributed by atoms with van der Waals surface area (Å²) in [5.41, 5.74) is 2.43. The van der Waals surface area contributed by atoms with E-state index in [1.165, 1.54) is 7.05 Å². The van der Waals surface area contributed by atoms with Crippen molar-refractivity contribution >= 4 is 11.9 Å². The molecule has 0 aliphatic rings. The maximum atomic E-state index is 12.3. The lowest BCUT2D eigenvalue weighted by molar-refractivity contribution is 0.0691. The maximum absolute atomic E-state index is 12.3. The summed E-state index contributed by atoms with van der Waals surface area (Å²) in [6.45, 7) is 0. The molecule has 0 saturated heterocycles. The fourth-order valence-electron chi connectivity index (χ4n) is 2.45. The molecule has 1 amide bonds. The van der Waals surface area contributed by atoms with E-state index in [-0.39, 0.29) is 17.3 Å². The van der Waals surface area contributed by atoms with Crippen LogP contribution in [0.5, 0.6) is 0 Å². The monoisotopic (exact) mass is 322 g/mol. The summed E-state index contributed by atoms with van der Waals surface area (Å²) in [7, 11) is 1.52. The Morgan fingerprint density at radius 3 is 2.46 bits per heavy atom. The minimum Gasteiger partial charge on any atom is -0.476 e. The largest absolute Gasteiger partial charge is 0.476 e. The van der Waals surface area contributed by atoms with Gasteiger partial charge in [-0.2, -0.15) is 10.3 Å². The number of benzene rings is 2. The van der Waals surface area contributed by atoms with E-state index < -0.39 is 5.97 Å². The molecule has 1 aromatic heterocycles. The molecule has 3 N–H and O–H groups in total. The molecule has 120 valence electrons. The second-order valence-electron chi connectivity index (χ2n) is 5.03. The predicted molar refractivity (Wildman–Crippen MR) is 87.6 cm³/mol. The second-order valence-corrected chi connectivity index (χ2v) is 5.03. The zero-order chi connectivity index (χ0) is 17.1. The van der Waals surface area contributed by atoms with Gasteiger partial charge in [-0.05, 0) is 17.2 Å². The van der Waals surface area contributed by atoms with Gasteiger partial charge in [0.1, 0.15) is 5.69 Å². The summed E-state index contributed by atoms with van der Waals surface area (Å²) in [4.78, 5) is 23.5. The van der Waals surface area contributed by atoms with Crippen LogP contribution >= 0.6 is 0 Å². The van der Waals surface area contributed by atoms with E-state index in [1.54, 1.807) is 12.1 Å². The fraction of sp³-hybridized carbons (Fsp3) is 0.0588. The minimum atomic E-state index is -1.21. The molecule has 0 spiro atoms. The molecule has 3 rings (SSSR count). The first-order valence-corrected chi connectivity index (χ1v) is 7.17. The van der Waals surface area contributed by atoms with Crippen molar-refractivity contribution in [3.63, 3.8) is 0 Å². The molecular weight excluding hydrogens is 308 g/mol. The number of amides is 1. The normalized spacial score (nSPS) is 10.4. The zero-order valence-corrected chi connectivity index (χ0v) is 12.8. The topological polar surface area (TPSA) is 108 Å². The lowest BCUT2D eigenvalue weighted by Crippen LogP contribution is -2.19. The average molecular weight is 322 g/mol. The van der Waals surface area contributed by atoms with E-state index in [2.05, 4.69) is 20.7 Å². The standard InChI is InChI=1S/C17H14N4O3/c1-18-16(22)13-9-11(10-5-3-2-4-6-10)7-8-12(13)14-15(17(23)24)20-21-19-14/h2-9H,1H3,(H,18,22)(H,23,24)(H,19,20,21). The van der Waals surface area contributed by atoms with Gasteiger partial charge in [0.25, 0.3) is 5.91 Å². The Morgan fingerprint density at radius 1 is 1.04 bits per heavy atom. The van der Waals surface area contributed by atoms with Crippen LogP contribution in [0, 0.1) is 0 Å². The van der Waals surface area contributed by atoms with Crippen LogP contribution in [0.3, 0.4) is 0 Å². The second kappa shape index (κ2) is 6.33. The highest BCUT2D eigenvalue weighted by atomic mass is 16.4. The number of nitrogens with one attached hydrogen (secondary N) is 2. The molecule has 0 atom stereocenters. The van der Waals surface area contributed by atoms with Gasteiger partial charge in [0, 0.05) is 18.2 Å². The first kappa shape index (κ1) is 15.4. The Hall–Kier alpha value is -3.48. The van der Waals surface area contributed by atoms with Crippen molar-refractivity contribution in [2.75, 3.05) is 7.05 Å². The molecule has 7 heteroatoms. The molecule has 0 radical (unpaired) electrons. The van der Waals surface area contributed by atoms with E-state index in [1.807, 2.05) is 36.4 Å². The number of aromatic carboxylic acids is 1. The molecule has 0 saturated carbocycles. The SMILES string of the molecule is CNC(=O)c1cc(-c2ccccc2)ccc1-c1n[nH]nc1C(=O)O. The summed E-state index contributed by atoms with van der Waals surface area (Å²) in [5.74, 6) is -1.55. The number of rotatable bonds is 4. The number of hydrogen-bond acceptors (Lipinski definition) is 4. The lowest BCUT2D eigenvalue weighted by Gasteiger charge is -2.10. The third kappa shape index (κ3) is 2.74. The van der Waals surface area contributed by atoms with Crippen LogP contribution < -0.4 is 5.32 Å². The van der Waals surface area contributed by atoms with Crippen molar-refractivity contribution in [1.29, 1.82) is 0 Å². The van der Waals surface area contributed by atoms with E-state index in [0.29, 0.717) is 11.1 Å². The van der Waals surface area contributed by atoms with Crippen molar-refractivity contribution in [3.05, 3.63) is 59.8 Å². The van der Waals surface area contributed by atoms with Crippen molar-refractivity contribution in [2.45, 2.75) is 0 Å². The number of H-pyrrole nitrogens is 1. The summed E-state index contributed by atoms with van der Waals surface area (Å²) < 4.78 is 0. The van der Waals surface area contributed by atoms with Gasteiger partial charge in [0.05, 0.1) is 0 Å². The van der Waals surface area contributed by atoms with Gasteiger partial charge < -0.3 is 10.4 Å². The third-order valence-corrected chi connectivity index (χ3v) is 3.60. The van der Waals surface area contributed by atoms with E-state index >= 15 is 0 Å². The van der Waals surface area contributed by atoms with E-state index in [4.69, 9.17) is 0 Å². The predicted octanol–water partition coefficient (Wildman–Crippen LogP) is 2.20. The highest BCUT2D eigenvalue weighted by Crippen LogP contribution is 2.29. The maximum Gasteiger partial charge on any atom is 0.358 e. The van der Waals surface area contributed by atoms with Crippen LogP contribution in [0.2, 0.25) is 0 Å². The summed E-state index contributed by atoms with van der Waals surface area (Å²) >= 11 is 0. The van der Waals surface area contributed by atoms with Gasteiger partial charge in [-0.25, -0.2) is 4.79 Å². The van der Waals surface area contributed by atoms with Crippen molar-refractivity contribution < 1.29 is 14.7 Å². The Morgan fingerprint density at radius 2 is 1.79 bits per heavy atom. The fourth-order valence-corrected chi connectivity index (χ4v) is 2.45. The van der Waals surface area contributed by atoms with Crippen LogP contribution in [0.4, 0.5) is 0 Å².